The maximum Gasteiger partial charge on any atom is 0.330 e. The molecule has 0 bridgehead atoms. The highest BCUT2D eigenvalue weighted by Crippen LogP contribution is 2.24. The summed E-state index contributed by atoms with van der Waals surface area (Å²) in [6.07, 6.45) is 4.65. The van der Waals surface area contributed by atoms with Crippen molar-refractivity contribution < 1.29 is 4.79 Å². The lowest BCUT2D eigenvalue weighted by atomic mass is 9.96. The molecule has 2 rings (SSSR count). The van der Waals surface area contributed by atoms with Crippen LogP contribution in [0.4, 0.5) is 0 Å². The van der Waals surface area contributed by atoms with E-state index in [9.17, 15) is 9.59 Å². The topological polar surface area (TPSA) is 54.9 Å². The number of rotatable bonds is 4. The van der Waals surface area contributed by atoms with Gasteiger partial charge in [0.1, 0.15) is 6.29 Å². The first-order chi connectivity index (χ1) is 8.24. The van der Waals surface area contributed by atoms with E-state index in [1.807, 2.05) is 31.2 Å². The van der Waals surface area contributed by atoms with Crippen molar-refractivity contribution in [2.45, 2.75) is 19.3 Å². The van der Waals surface area contributed by atoms with Crippen LogP contribution in [0.5, 0.6) is 0 Å². The molecule has 1 aromatic heterocycles. The Morgan fingerprint density at radius 3 is 2.82 bits per heavy atom. The molecule has 0 saturated heterocycles. The summed E-state index contributed by atoms with van der Waals surface area (Å²) >= 11 is 0. The third-order valence-corrected chi connectivity index (χ3v) is 2.83. The van der Waals surface area contributed by atoms with Crippen LogP contribution in [-0.4, -0.2) is 15.8 Å². The lowest BCUT2D eigenvalue weighted by molar-refractivity contribution is -0.108. The Morgan fingerprint density at radius 2 is 2.18 bits per heavy atom. The van der Waals surface area contributed by atoms with Crippen molar-refractivity contribution in [3.63, 3.8) is 0 Å². The number of aromatic amines is 1. The minimum Gasteiger partial charge on any atom is -0.312 e. The molecule has 17 heavy (non-hydrogen) atoms. The van der Waals surface area contributed by atoms with Gasteiger partial charge in [0.15, 0.2) is 0 Å². The van der Waals surface area contributed by atoms with Crippen LogP contribution in [0.1, 0.15) is 24.8 Å². The molecule has 0 aliphatic rings. The summed E-state index contributed by atoms with van der Waals surface area (Å²) < 4.78 is 1.55. The molecule has 1 unspecified atom stereocenters. The third-order valence-electron chi connectivity index (χ3n) is 2.83. The van der Waals surface area contributed by atoms with Crippen LogP contribution in [0.25, 0.3) is 5.69 Å². The zero-order valence-corrected chi connectivity index (χ0v) is 9.59. The van der Waals surface area contributed by atoms with Crippen molar-refractivity contribution in [3.05, 3.63) is 52.7 Å². The number of hydrogen-bond acceptors (Lipinski definition) is 2. The second-order valence-corrected chi connectivity index (χ2v) is 4.00. The molecule has 1 aromatic carbocycles. The summed E-state index contributed by atoms with van der Waals surface area (Å²) in [5, 5.41) is 0. The summed E-state index contributed by atoms with van der Waals surface area (Å²) in [5.74, 6) is 0.102. The van der Waals surface area contributed by atoms with Crippen LogP contribution in [0, 0.1) is 0 Å². The highest BCUT2D eigenvalue weighted by Gasteiger charge is 2.12. The van der Waals surface area contributed by atoms with E-state index in [2.05, 4.69) is 4.98 Å². The molecule has 1 atom stereocenters. The maximum atomic E-state index is 11.6. The number of hydrogen-bond donors (Lipinski definition) is 1. The Morgan fingerprint density at radius 1 is 1.41 bits per heavy atom. The summed E-state index contributed by atoms with van der Waals surface area (Å²) in [7, 11) is 0. The van der Waals surface area contributed by atoms with Gasteiger partial charge in [0.2, 0.25) is 0 Å². The predicted molar refractivity (Wildman–Crippen MR) is 65.5 cm³/mol. The van der Waals surface area contributed by atoms with E-state index < -0.39 is 0 Å². The number of benzene rings is 1. The van der Waals surface area contributed by atoms with Crippen LogP contribution < -0.4 is 5.69 Å². The Balaban J connectivity index is 2.51. The van der Waals surface area contributed by atoms with E-state index in [1.54, 1.807) is 17.0 Å². The fraction of sp³-hybridized carbons (Fsp3) is 0.231. The molecule has 0 aliphatic carbocycles. The Labute approximate surface area is 98.9 Å². The Bertz CT molecular complexity index is 569. The van der Waals surface area contributed by atoms with Gasteiger partial charge >= 0.3 is 5.69 Å². The van der Waals surface area contributed by atoms with Crippen LogP contribution >= 0.6 is 0 Å². The first kappa shape index (κ1) is 11.4. The SMILES string of the molecule is CC(CC=O)c1ccccc1-n1cc[nH]c1=O. The monoisotopic (exact) mass is 230 g/mol. The number of imidazole rings is 1. The van der Waals surface area contributed by atoms with Gasteiger partial charge in [0.05, 0.1) is 5.69 Å². The van der Waals surface area contributed by atoms with E-state index in [0.29, 0.717) is 6.42 Å². The first-order valence-corrected chi connectivity index (χ1v) is 5.53. The van der Waals surface area contributed by atoms with Gasteiger partial charge in [-0.15, -0.1) is 0 Å². The molecule has 0 spiro atoms. The number of aldehydes is 1. The van der Waals surface area contributed by atoms with Gasteiger partial charge in [-0.3, -0.25) is 4.57 Å². The van der Waals surface area contributed by atoms with E-state index in [-0.39, 0.29) is 11.6 Å². The van der Waals surface area contributed by atoms with Gasteiger partial charge in [0, 0.05) is 18.8 Å². The van der Waals surface area contributed by atoms with E-state index in [1.165, 1.54) is 0 Å². The maximum absolute atomic E-state index is 11.6. The fourth-order valence-corrected chi connectivity index (χ4v) is 1.90. The third kappa shape index (κ3) is 2.20. The van der Waals surface area contributed by atoms with E-state index in [0.717, 1.165) is 17.5 Å². The van der Waals surface area contributed by atoms with Crippen molar-refractivity contribution in [2.24, 2.45) is 0 Å². The minimum absolute atomic E-state index is 0.102. The molecule has 4 nitrogen and oxygen atoms in total. The van der Waals surface area contributed by atoms with E-state index >= 15 is 0 Å². The van der Waals surface area contributed by atoms with Crippen molar-refractivity contribution in [3.8, 4) is 5.69 Å². The van der Waals surface area contributed by atoms with Gasteiger partial charge in [-0.25, -0.2) is 4.79 Å². The van der Waals surface area contributed by atoms with Crippen LogP contribution in [-0.2, 0) is 4.79 Å². The van der Waals surface area contributed by atoms with Crippen LogP contribution in [0.15, 0.2) is 41.5 Å². The second kappa shape index (κ2) is 4.82. The van der Waals surface area contributed by atoms with Gasteiger partial charge < -0.3 is 9.78 Å². The number of nitrogens with zero attached hydrogens (tertiary/aromatic N) is 1. The van der Waals surface area contributed by atoms with Gasteiger partial charge in [-0.2, -0.15) is 0 Å². The summed E-state index contributed by atoms with van der Waals surface area (Å²) in [4.78, 5) is 24.8. The first-order valence-electron chi connectivity index (χ1n) is 5.53. The lowest BCUT2D eigenvalue weighted by Gasteiger charge is -2.14. The van der Waals surface area contributed by atoms with Gasteiger partial charge in [-0.05, 0) is 17.5 Å². The van der Waals surface area contributed by atoms with Crippen molar-refractivity contribution >= 4 is 6.29 Å². The number of H-pyrrole nitrogens is 1. The van der Waals surface area contributed by atoms with Gasteiger partial charge in [0.25, 0.3) is 0 Å². The zero-order chi connectivity index (χ0) is 12.3. The highest BCUT2D eigenvalue weighted by molar-refractivity contribution is 5.53. The molecule has 0 radical (unpaired) electrons. The molecule has 1 N–H and O–H groups in total. The zero-order valence-electron chi connectivity index (χ0n) is 9.59. The van der Waals surface area contributed by atoms with Gasteiger partial charge in [-0.1, -0.05) is 25.1 Å². The Kier molecular flexibility index (Phi) is 3.23. The number of carbonyl (C=O) groups excluding carboxylic acids is 1. The number of aromatic nitrogens is 2. The average molecular weight is 230 g/mol. The largest absolute Gasteiger partial charge is 0.330 e. The molecule has 0 fully saturated rings. The lowest BCUT2D eigenvalue weighted by Crippen LogP contribution is -2.16. The number of para-hydroxylation sites is 1. The van der Waals surface area contributed by atoms with Crippen molar-refractivity contribution in [2.75, 3.05) is 0 Å². The minimum atomic E-state index is -0.171. The summed E-state index contributed by atoms with van der Waals surface area (Å²) in [6.45, 7) is 1.98. The molecular weight excluding hydrogens is 216 g/mol. The molecule has 0 aliphatic heterocycles. The molecule has 88 valence electrons. The molecule has 4 heteroatoms. The number of nitrogens with one attached hydrogen (secondary N) is 1. The highest BCUT2D eigenvalue weighted by atomic mass is 16.1. The average Bonchev–Trinajstić information content (AvgIpc) is 2.76. The van der Waals surface area contributed by atoms with Crippen molar-refractivity contribution in [1.29, 1.82) is 0 Å². The summed E-state index contributed by atoms with van der Waals surface area (Å²) in [6, 6.07) is 7.62. The molecule has 1 heterocycles. The van der Waals surface area contributed by atoms with E-state index in [4.69, 9.17) is 0 Å². The smallest absolute Gasteiger partial charge is 0.312 e. The van der Waals surface area contributed by atoms with Crippen LogP contribution in [0.2, 0.25) is 0 Å². The summed E-state index contributed by atoms with van der Waals surface area (Å²) in [5.41, 5.74) is 1.66. The normalized spacial score (nSPS) is 12.3. The standard InChI is InChI=1S/C13H14N2O2/c1-10(6-9-16)11-4-2-3-5-12(11)15-8-7-14-13(15)17/h2-5,7-10H,6H2,1H3,(H,14,17). The quantitative estimate of drug-likeness (QED) is 0.815. The molecule has 0 amide bonds. The molecule has 2 aromatic rings. The molecular formula is C13H14N2O2. The second-order valence-electron chi connectivity index (χ2n) is 4.00. The predicted octanol–water partition coefficient (Wildman–Crippen LogP) is 1.86. The molecule has 0 saturated carbocycles. The Hall–Kier alpha value is -2.10. The fourth-order valence-electron chi connectivity index (χ4n) is 1.90. The van der Waals surface area contributed by atoms with Crippen molar-refractivity contribution in [1.82, 2.24) is 9.55 Å². The number of carbonyl (C=O) groups is 1. The van der Waals surface area contributed by atoms with Crippen LogP contribution in [0.3, 0.4) is 0 Å².